The van der Waals surface area contributed by atoms with Crippen LogP contribution in [-0.4, -0.2) is 84.1 Å². The van der Waals surface area contributed by atoms with E-state index in [-0.39, 0.29) is 36.6 Å². The summed E-state index contributed by atoms with van der Waals surface area (Å²) < 4.78 is 47.4. The number of likely N-dealkylation sites (N-methyl/N-ethyl adjacent to an activating group) is 1. The first-order valence-electron chi connectivity index (χ1n) is 13.9. The second kappa shape index (κ2) is 13.2. The number of halogens is 3. The maximum Gasteiger partial charge on any atom is 0.418 e. The smallest absolute Gasteiger partial charge is 0.418 e. The van der Waals surface area contributed by atoms with E-state index >= 15 is 0 Å². The van der Waals surface area contributed by atoms with Gasteiger partial charge >= 0.3 is 12.2 Å². The van der Waals surface area contributed by atoms with Gasteiger partial charge in [-0.1, -0.05) is 32.6 Å². The van der Waals surface area contributed by atoms with Crippen molar-refractivity contribution in [1.29, 1.82) is 5.26 Å². The van der Waals surface area contributed by atoms with E-state index in [1.807, 2.05) is 4.90 Å². The van der Waals surface area contributed by atoms with Crippen LogP contribution < -0.4 is 14.5 Å². The molecular formula is C29H36F3N7O2. The van der Waals surface area contributed by atoms with Gasteiger partial charge in [0.05, 0.1) is 36.3 Å². The fourth-order valence-corrected chi connectivity index (χ4v) is 5.45. The normalized spacial score (nSPS) is 17.3. The Morgan fingerprint density at radius 2 is 1.95 bits per heavy atom. The molecule has 1 aromatic carbocycles. The third kappa shape index (κ3) is 6.90. The standard InChI is InChI=1S/C29H36F3N7O2/c1-4-26(40)39-16-15-38(19-21(39)11-13-33)27-22-12-14-37(25-10-8-7-9-23(25)29(30,31)32)20-24(22)34-28(35-27)41-18-17-36(5-2)6-3/h4,7-10,21H,1,5-6,11-12,14-20H2,2-3H3. The predicted molar refractivity (Wildman–Crippen MR) is 150 cm³/mol. The number of hydrogen-bond donors (Lipinski definition) is 0. The Labute approximate surface area is 238 Å². The summed E-state index contributed by atoms with van der Waals surface area (Å²) in [5, 5.41) is 9.42. The summed E-state index contributed by atoms with van der Waals surface area (Å²) in [4.78, 5) is 29.4. The van der Waals surface area contributed by atoms with Gasteiger partial charge in [-0.15, -0.1) is 0 Å². The lowest BCUT2D eigenvalue weighted by Gasteiger charge is -2.42. The van der Waals surface area contributed by atoms with Crippen LogP contribution in [0.3, 0.4) is 0 Å². The summed E-state index contributed by atoms with van der Waals surface area (Å²) in [6.07, 6.45) is -2.64. The molecule has 1 saturated heterocycles. The number of fused-ring (bicyclic) bond motifs is 1. The largest absolute Gasteiger partial charge is 0.462 e. The van der Waals surface area contributed by atoms with E-state index in [0.717, 1.165) is 24.7 Å². The zero-order chi connectivity index (χ0) is 29.6. The number of hydrogen-bond acceptors (Lipinski definition) is 8. The lowest BCUT2D eigenvalue weighted by Crippen LogP contribution is -2.55. The molecule has 2 aromatic rings. The zero-order valence-electron chi connectivity index (χ0n) is 23.5. The number of aromatic nitrogens is 2. The number of benzene rings is 1. The molecule has 1 fully saturated rings. The fourth-order valence-electron chi connectivity index (χ4n) is 5.45. The van der Waals surface area contributed by atoms with Gasteiger partial charge in [-0.05, 0) is 37.7 Å². The van der Waals surface area contributed by atoms with E-state index in [1.165, 1.54) is 18.2 Å². The third-order valence-electron chi connectivity index (χ3n) is 7.67. The lowest BCUT2D eigenvalue weighted by atomic mass is 10.0. The summed E-state index contributed by atoms with van der Waals surface area (Å²) in [7, 11) is 0. The molecule has 0 radical (unpaired) electrons. The van der Waals surface area contributed by atoms with Crippen molar-refractivity contribution in [1.82, 2.24) is 19.8 Å². The van der Waals surface area contributed by atoms with Crippen molar-refractivity contribution < 1.29 is 22.7 Å². The molecule has 1 amide bonds. The predicted octanol–water partition coefficient (Wildman–Crippen LogP) is 3.90. The Morgan fingerprint density at radius 1 is 1.20 bits per heavy atom. The highest BCUT2D eigenvalue weighted by Crippen LogP contribution is 2.39. The molecule has 4 rings (SSSR count). The Morgan fingerprint density at radius 3 is 2.63 bits per heavy atom. The topological polar surface area (TPSA) is 88.8 Å². The van der Waals surface area contributed by atoms with E-state index in [4.69, 9.17) is 9.72 Å². The highest BCUT2D eigenvalue weighted by atomic mass is 19.4. The van der Waals surface area contributed by atoms with Gasteiger partial charge in [0.25, 0.3) is 0 Å². The molecule has 1 unspecified atom stereocenters. The van der Waals surface area contributed by atoms with Crippen LogP contribution in [0.25, 0.3) is 0 Å². The zero-order valence-corrected chi connectivity index (χ0v) is 23.5. The molecule has 0 bridgehead atoms. The number of amides is 1. The number of nitrogens with zero attached hydrogens (tertiary/aromatic N) is 7. The van der Waals surface area contributed by atoms with Crippen LogP contribution in [0.4, 0.5) is 24.7 Å². The Balaban J connectivity index is 1.67. The summed E-state index contributed by atoms with van der Waals surface area (Å²) in [6, 6.07) is 7.56. The minimum atomic E-state index is -4.48. The first kappa shape index (κ1) is 30.1. The van der Waals surface area contributed by atoms with Crippen LogP contribution in [-0.2, 0) is 23.9 Å². The van der Waals surface area contributed by atoms with Gasteiger partial charge in [-0.25, -0.2) is 0 Å². The Hall–Kier alpha value is -3.85. The number of para-hydroxylation sites is 1. The first-order valence-corrected chi connectivity index (χ1v) is 13.9. The number of carbonyl (C=O) groups excluding carboxylic acids is 1. The van der Waals surface area contributed by atoms with E-state index in [2.05, 4.69) is 36.4 Å². The molecule has 12 heteroatoms. The molecule has 0 aliphatic carbocycles. The van der Waals surface area contributed by atoms with Crippen LogP contribution >= 0.6 is 0 Å². The highest BCUT2D eigenvalue weighted by Gasteiger charge is 2.37. The molecule has 9 nitrogen and oxygen atoms in total. The number of alkyl halides is 3. The molecule has 41 heavy (non-hydrogen) atoms. The SMILES string of the molecule is C=CC(=O)N1CCN(c2nc(OCCN(CC)CC)nc3c2CCN(c2ccccc2C(F)(F)F)C3)CC1CC#N. The summed E-state index contributed by atoms with van der Waals surface area (Å²) >= 11 is 0. The van der Waals surface area contributed by atoms with Crippen molar-refractivity contribution in [3.8, 4) is 12.1 Å². The van der Waals surface area contributed by atoms with Gasteiger partial charge in [0.15, 0.2) is 0 Å². The molecule has 1 aromatic heterocycles. The average Bonchev–Trinajstić information content (AvgIpc) is 2.98. The number of piperazine rings is 1. The maximum atomic E-state index is 13.8. The lowest BCUT2D eigenvalue weighted by molar-refractivity contribution is -0.137. The molecular weight excluding hydrogens is 535 g/mol. The minimum absolute atomic E-state index is 0.112. The van der Waals surface area contributed by atoms with Gasteiger partial charge in [0.1, 0.15) is 12.4 Å². The van der Waals surface area contributed by atoms with Crippen molar-refractivity contribution in [2.75, 3.05) is 62.2 Å². The third-order valence-corrected chi connectivity index (χ3v) is 7.67. The van der Waals surface area contributed by atoms with Crippen LogP contribution in [0.2, 0.25) is 0 Å². The number of anilines is 2. The number of carbonyl (C=O) groups is 1. The highest BCUT2D eigenvalue weighted by molar-refractivity contribution is 5.87. The van der Waals surface area contributed by atoms with Gasteiger partial charge in [-0.2, -0.15) is 28.4 Å². The van der Waals surface area contributed by atoms with Crippen LogP contribution in [0, 0.1) is 11.3 Å². The van der Waals surface area contributed by atoms with E-state index in [9.17, 15) is 23.2 Å². The summed E-state index contributed by atoms with van der Waals surface area (Å²) in [5.74, 6) is 0.416. The van der Waals surface area contributed by atoms with Crippen molar-refractivity contribution in [2.24, 2.45) is 0 Å². The molecule has 2 aliphatic rings. The van der Waals surface area contributed by atoms with Crippen LogP contribution in [0.1, 0.15) is 37.1 Å². The molecule has 0 saturated carbocycles. The van der Waals surface area contributed by atoms with Crippen LogP contribution in [0.15, 0.2) is 36.9 Å². The van der Waals surface area contributed by atoms with E-state index in [0.29, 0.717) is 57.3 Å². The number of ether oxygens (including phenoxy) is 1. The molecule has 220 valence electrons. The number of rotatable bonds is 10. The van der Waals surface area contributed by atoms with Gasteiger partial charge in [0.2, 0.25) is 5.91 Å². The minimum Gasteiger partial charge on any atom is -0.462 e. The first-order chi connectivity index (χ1) is 19.7. The average molecular weight is 572 g/mol. The molecule has 0 N–H and O–H groups in total. The second-order valence-corrected chi connectivity index (χ2v) is 10.0. The fraction of sp³-hybridized carbons (Fsp3) is 0.517. The second-order valence-electron chi connectivity index (χ2n) is 10.0. The molecule has 0 spiro atoms. The van der Waals surface area contributed by atoms with Gasteiger partial charge in [0, 0.05) is 44.0 Å². The van der Waals surface area contributed by atoms with Crippen molar-refractivity contribution in [3.63, 3.8) is 0 Å². The Kier molecular flexibility index (Phi) is 9.70. The van der Waals surface area contributed by atoms with E-state index in [1.54, 1.807) is 15.9 Å². The van der Waals surface area contributed by atoms with Gasteiger partial charge in [-0.3, -0.25) is 4.79 Å². The monoisotopic (exact) mass is 571 g/mol. The molecule has 3 heterocycles. The Bertz CT molecular complexity index is 1280. The van der Waals surface area contributed by atoms with Crippen molar-refractivity contribution in [2.45, 2.75) is 45.5 Å². The maximum absolute atomic E-state index is 13.8. The molecule has 1 atom stereocenters. The van der Waals surface area contributed by atoms with Gasteiger partial charge < -0.3 is 24.3 Å². The quantitative estimate of drug-likeness (QED) is 0.397. The summed E-state index contributed by atoms with van der Waals surface area (Å²) in [5.41, 5.74) is 0.884. The van der Waals surface area contributed by atoms with Crippen molar-refractivity contribution >= 4 is 17.4 Å². The number of nitriles is 1. The van der Waals surface area contributed by atoms with E-state index < -0.39 is 11.7 Å². The summed E-state index contributed by atoms with van der Waals surface area (Å²) in [6.45, 7) is 12.3. The van der Waals surface area contributed by atoms with Crippen LogP contribution in [0.5, 0.6) is 6.01 Å². The molecule has 2 aliphatic heterocycles. The van der Waals surface area contributed by atoms with Crippen molar-refractivity contribution in [3.05, 3.63) is 53.7 Å².